The summed E-state index contributed by atoms with van der Waals surface area (Å²) < 4.78 is 5.03. The minimum atomic E-state index is -1.21. The van der Waals surface area contributed by atoms with Crippen LogP contribution in [-0.2, 0) is 4.79 Å². The van der Waals surface area contributed by atoms with Gasteiger partial charge < -0.3 is 15.6 Å². The number of nitrogens with two attached hydrogens (primary N) is 1. The number of ether oxygens (including phenoxy) is 1. The van der Waals surface area contributed by atoms with Crippen molar-refractivity contribution >= 4 is 23.3 Å². The fraction of sp³-hybridized carbons (Fsp3) is 0.222. The van der Waals surface area contributed by atoms with E-state index in [1.807, 2.05) is 0 Å². The summed E-state index contributed by atoms with van der Waals surface area (Å²) in [6, 6.07) is 2.42. The summed E-state index contributed by atoms with van der Waals surface area (Å²) in [7, 11) is 0. The van der Waals surface area contributed by atoms with E-state index in [1.54, 1.807) is 0 Å². The lowest BCUT2D eigenvalue weighted by molar-refractivity contribution is -0.384. The molecule has 0 saturated heterocycles. The molecule has 0 heterocycles. The standard InChI is InChI=1S/C9H9ClN2O5/c10-6-3-5(12(15)16)1-2-8(6)17-4-7(11)9(13)14/h1-3,7H,4,11H2,(H,13,14). The van der Waals surface area contributed by atoms with Crippen molar-refractivity contribution in [2.75, 3.05) is 6.61 Å². The molecule has 0 fully saturated rings. The van der Waals surface area contributed by atoms with Crippen molar-refractivity contribution in [1.29, 1.82) is 0 Å². The summed E-state index contributed by atoms with van der Waals surface area (Å²) in [5.41, 5.74) is 5.04. The Morgan fingerprint density at radius 2 is 2.29 bits per heavy atom. The Kier molecular flexibility index (Phi) is 4.24. The van der Waals surface area contributed by atoms with E-state index < -0.39 is 16.9 Å². The van der Waals surface area contributed by atoms with Crippen LogP contribution in [0.1, 0.15) is 0 Å². The number of nitrogens with zero attached hydrogens (tertiary/aromatic N) is 1. The lowest BCUT2D eigenvalue weighted by Crippen LogP contribution is -2.36. The smallest absolute Gasteiger partial charge is 0.324 e. The highest BCUT2D eigenvalue weighted by molar-refractivity contribution is 6.32. The van der Waals surface area contributed by atoms with Gasteiger partial charge in [0.05, 0.1) is 9.95 Å². The van der Waals surface area contributed by atoms with Gasteiger partial charge >= 0.3 is 5.97 Å². The van der Waals surface area contributed by atoms with Gasteiger partial charge in [0.2, 0.25) is 0 Å². The molecule has 0 aliphatic carbocycles. The number of rotatable bonds is 5. The molecule has 3 N–H and O–H groups in total. The van der Waals surface area contributed by atoms with Gasteiger partial charge in [-0.25, -0.2) is 0 Å². The normalized spacial score (nSPS) is 11.9. The monoisotopic (exact) mass is 260 g/mol. The molecule has 0 aliphatic rings. The van der Waals surface area contributed by atoms with Gasteiger partial charge in [0.25, 0.3) is 5.69 Å². The summed E-state index contributed by atoms with van der Waals surface area (Å²) in [6.07, 6.45) is 0. The average Bonchev–Trinajstić information content (AvgIpc) is 2.26. The highest BCUT2D eigenvalue weighted by Gasteiger charge is 2.14. The molecular weight excluding hydrogens is 252 g/mol. The third-order valence-corrected chi connectivity index (χ3v) is 2.16. The molecule has 1 aromatic rings. The van der Waals surface area contributed by atoms with Crippen molar-refractivity contribution in [2.45, 2.75) is 6.04 Å². The highest BCUT2D eigenvalue weighted by atomic mass is 35.5. The Labute approximate surface area is 101 Å². The lowest BCUT2D eigenvalue weighted by atomic mass is 10.3. The van der Waals surface area contributed by atoms with E-state index in [4.69, 9.17) is 27.2 Å². The summed E-state index contributed by atoms with van der Waals surface area (Å²) in [6.45, 7) is -0.271. The molecule has 0 radical (unpaired) electrons. The van der Waals surface area contributed by atoms with Gasteiger partial charge in [0, 0.05) is 12.1 Å². The summed E-state index contributed by atoms with van der Waals surface area (Å²) in [5, 5.41) is 19.0. The first kappa shape index (κ1) is 13.2. The van der Waals surface area contributed by atoms with Crippen LogP contribution in [0.2, 0.25) is 5.02 Å². The number of aliphatic carboxylic acids is 1. The summed E-state index contributed by atoms with van der Waals surface area (Å²) in [4.78, 5) is 20.3. The van der Waals surface area contributed by atoms with Crippen LogP contribution in [-0.4, -0.2) is 28.6 Å². The largest absolute Gasteiger partial charge is 0.490 e. The van der Waals surface area contributed by atoms with E-state index in [0.29, 0.717) is 0 Å². The SMILES string of the molecule is NC(COc1ccc([N+](=O)[O-])cc1Cl)C(=O)O. The second-order valence-corrected chi connectivity index (χ2v) is 3.53. The molecule has 1 aromatic carbocycles. The van der Waals surface area contributed by atoms with Crippen molar-refractivity contribution in [3.63, 3.8) is 0 Å². The first-order valence-corrected chi connectivity index (χ1v) is 4.84. The van der Waals surface area contributed by atoms with Crippen LogP contribution in [0.4, 0.5) is 5.69 Å². The molecule has 0 aliphatic heterocycles. The Bertz CT molecular complexity index is 451. The molecule has 1 unspecified atom stereocenters. The van der Waals surface area contributed by atoms with E-state index in [-0.39, 0.29) is 23.1 Å². The third-order valence-electron chi connectivity index (χ3n) is 1.86. The molecule has 0 aromatic heterocycles. The number of hydrogen-bond acceptors (Lipinski definition) is 5. The minimum absolute atomic E-state index is 0.0248. The van der Waals surface area contributed by atoms with Gasteiger partial charge in [-0.1, -0.05) is 11.6 Å². The predicted octanol–water partition coefficient (Wildman–Crippen LogP) is 1.04. The van der Waals surface area contributed by atoms with Gasteiger partial charge in [0.15, 0.2) is 0 Å². The summed E-state index contributed by atoms with van der Waals surface area (Å²) >= 11 is 5.72. The Hall–Kier alpha value is -1.86. The van der Waals surface area contributed by atoms with Gasteiger partial charge in [-0.3, -0.25) is 14.9 Å². The predicted molar refractivity (Wildman–Crippen MR) is 59.2 cm³/mol. The van der Waals surface area contributed by atoms with Crippen LogP contribution in [0, 0.1) is 10.1 Å². The first-order chi connectivity index (χ1) is 7.91. The minimum Gasteiger partial charge on any atom is -0.490 e. The molecule has 0 bridgehead atoms. The van der Waals surface area contributed by atoms with Crippen molar-refractivity contribution in [3.8, 4) is 5.75 Å². The van der Waals surface area contributed by atoms with Crippen LogP contribution in [0.25, 0.3) is 0 Å². The lowest BCUT2D eigenvalue weighted by Gasteiger charge is -2.10. The highest BCUT2D eigenvalue weighted by Crippen LogP contribution is 2.28. The fourth-order valence-corrected chi connectivity index (χ4v) is 1.20. The maximum absolute atomic E-state index is 10.4. The van der Waals surface area contributed by atoms with Crippen molar-refractivity contribution in [3.05, 3.63) is 33.3 Å². The van der Waals surface area contributed by atoms with E-state index in [2.05, 4.69) is 0 Å². The zero-order valence-corrected chi connectivity index (χ0v) is 9.26. The Morgan fingerprint density at radius 3 is 2.76 bits per heavy atom. The van der Waals surface area contributed by atoms with Gasteiger partial charge in [-0.2, -0.15) is 0 Å². The average molecular weight is 261 g/mol. The number of nitro groups is 1. The van der Waals surface area contributed by atoms with Gasteiger partial charge in [0.1, 0.15) is 18.4 Å². The summed E-state index contributed by atoms with van der Waals surface area (Å²) in [5.74, 6) is -1.06. The van der Waals surface area contributed by atoms with Crippen molar-refractivity contribution in [1.82, 2.24) is 0 Å². The molecule has 0 amide bonds. The van der Waals surface area contributed by atoms with Crippen LogP contribution >= 0.6 is 11.6 Å². The molecule has 8 heteroatoms. The van der Waals surface area contributed by atoms with E-state index >= 15 is 0 Å². The molecule has 1 atom stereocenters. The maximum Gasteiger partial charge on any atom is 0.324 e. The zero-order chi connectivity index (χ0) is 13.0. The van der Waals surface area contributed by atoms with Gasteiger partial charge in [-0.15, -0.1) is 0 Å². The number of nitro benzene ring substituents is 1. The second-order valence-electron chi connectivity index (χ2n) is 3.13. The van der Waals surface area contributed by atoms with E-state index in [9.17, 15) is 14.9 Å². The molecular formula is C9H9ClN2O5. The van der Waals surface area contributed by atoms with Crippen LogP contribution in [0.5, 0.6) is 5.75 Å². The van der Waals surface area contributed by atoms with Crippen LogP contribution in [0.3, 0.4) is 0 Å². The van der Waals surface area contributed by atoms with Crippen molar-refractivity contribution in [2.24, 2.45) is 5.73 Å². The second kappa shape index (κ2) is 5.46. The number of halogens is 1. The molecule has 0 spiro atoms. The Morgan fingerprint density at radius 1 is 1.65 bits per heavy atom. The third kappa shape index (κ3) is 3.58. The molecule has 17 heavy (non-hydrogen) atoms. The van der Waals surface area contributed by atoms with E-state index in [0.717, 1.165) is 6.07 Å². The van der Waals surface area contributed by atoms with Crippen molar-refractivity contribution < 1.29 is 19.6 Å². The topological polar surface area (TPSA) is 116 Å². The Balaban J connectivity index is 2.73. The van der Waals surface area contributed by atoms with Crippen LogP contribution < -0.4 is 10.5 Å². The number of carboxylic acids is 1. The number of non-ortho nitro benzene ring substituents is 1. The first-order valence-electron chi connectivity index (χ1n) is 4.47. The van der Waals surface area contributed by atoms with Crippen LogP contribution in [0.15, 0.2) is 18.2 Å². The number of carbonyl (C=O) groups is 1. The quantitative estimate of drug-likeness (QED) is 0.603. The number of benzene rings is 1. The fourth-order valence-electron chi connectivity index (χ4n) is 0.971. The maximum atomic E-state index is 10.4. The number of carboxylic acid groups (broad SMARTS) is 1. The molecule has 7 nitrogen and oxygen atoms in total. The molecule has 0 saturated carbocycles. The molecule has 92 valence electrons. The number of hydrogen-bond donors (Lipinski definition) is 2. The van der Waals surface area contributed by atoms with E-state index in [1.165, 1.54) is 12.1 Å². The molecule has 1 rings (SSSR count). The van der Waals surface area contributed by atoms with Gasteiger partial charge in [-0.05, 0) is 6.07 Å². The zero-order valence-electron chi connectivity index (χ0n) is 8.50.